The largest absolute Gasteiger partial charge is 0.416 e. The maximum absolute atomic E-state index is 12.9. The van der Waals surface area contributed by atoms with E-state index in [9.17, 15) is 18.0 Å². The average molecular weight is 358 g/mol. The first-order chi connectivity index (χ1) is 10.9. The number of halogens is 4. The zero-order chi connectivity index (χ0) is 16.6. The minimum Gasteiger partial charge on any atom is -0.295 e. The first-order valence-electron chi connectivity index (χ1n) is 6.72. The summed E-state index contributed by atoms with van der Waals surface area (Å²) in [6.45, 7) is 0. The molecular formula is C16H11ClF3NOS. The fourth-order valence-electron chi connectivity index (χ4n) is 2.41. The molecule has 0 bridgehead atoms. The third-order valence-corrected chi connectivity index (χ3v) is 4.94. The highest BCUT2D eigenvalue weighted by Gasteiger charge is 2.36. The van der Waals surface area contributed by atoms with Crippen molar-refractivity contribution in [3.63, 3.8) is 0 Å². The Morgan fingerprint density at radius 3 is 2.48 bits per heavy atom. The van der Waals surface area contributed by atoms with Crippen molar-refractivity contribution >= 4 is 35.0 Å². The van der Waals surface area contributed by atoms with Crippen molar-refractivity contribution in [1.82, 2.24) is 0 Å². The monoisotopic (exact) mass is 357 g/mol. The van der Waals surface area contributed by atoms with Gasteiger partial charge in [0, 0.05) is 10.7 Å². The van der Waals surface area contributed by atoms with Crippen LogP contribution in [0.2, 0.25) is 5.02 Å². The summed E-state index contributed by atoms with van der Waals surface area (Å²) in [4.78, 5) is 13.6. The van der Waals surface area contributed by atoms with Gasteiger partial charge in [0.15, 0.2) is 0 Å². The van der Waals surface area contributed by atoms with Crippen molar-refractivity contribution < 1.29 is 18.0 Å². The maximum atomic E-state index is 12.9. The first-order valence-corrected chi connectivity index (χ1v) is 8.15. The van der Waals surface area contributed by atoms with Crippen molar-refractivity contribution in [2.45, 2.75) is 11.6 Å². The Labute approximate surface area is 140 Å². The van der Waals surface area contributed by atoms with Gasteiger partial charge in [0.05, 0.1) is 11.3 Å². The van der Waals surface area contributed by atoms with Crippen LogP contribution in [0.5, 0.6) is 0 Å². The van der Waals surface area contributed by atoms with Gasteiger partial charge in [-0.15, -0.1) is 11.8 Å². The highest BCUT2D eigenvalue weighted by molar-refractivity contribution is 8.00. The molecule has 1 saturated heterocycles. The number of hydrogen-bond donors (Lipinski definition) is 0. The van der Waals surface area contributed by atoms with Crippen molar-refractivity contribution in [3.8, 4) is 0 Å². The molecule has 2 aromatic carbocycles. The number of amides is 1. The van der Waals surface area contributed by atoms with Crippen LogP contribution in [0.3, 0.4) is 0 Å². The number of alkyl halides is 3. The van der Waals surface area contributed by atoms with Gasteiger partial charge in [-0.3, -0.25) is 9.69 Å². The fraction of sp³-hybridized carbons (Fsp3) is 0.188. The molecule has 0 N–H and O–H groups in total. The summed E-state index contributed by atoms with van der Waals surface area (Å²) in [5.74, 6) is 0.0121. The zero-order valence-electron chi connectivity index (χ0n) is 11.7. The van der Waals surface area contributed by atoms with E-state index in [4.69, 9.17) is 11.6 Å². The number of rotatable bonds is 2. The van der Waals surface area contributed by atoms with Gasteiger partial charge in [-0.05, 0) is 35.9 Å². The third kappa shape index (κ3) is 3.33. The Bertz CT molecular complexity index is 733. The lowest BCUT2D eigenvalue weighted by atomic mass is 10.1. The smallest absolute Gasteiger partial charge is 0.295 e. The number of thioether (sulfide) groups is 1. The normalized spacial score (nSPS) is 18.5. The van der Waals surface area contributed by atoms with Crippen molar-refractivity contribution in [3.05, 3.63) is 64.7 Å². The van der Waals surface area contributed by atoms with Crippen LogP contribution < -0.4 is 4.90 Å². The van der Waals surface area contributed by atoms with Crippen molar-refractivity contribution in [2.75, 3.05) is 10.7 Å². The van der Waals surface area contributed by atoms with Crippen LogP contribution in [-0.2, 0) is 11.0 Å². The molecule has 3 rings (SSSR count). The van der Waals surface area contributed by atoms with E-state index in [1.54, 1.807) is 24.3 Å². The molecular weight excluding hydrogens is 347 g/mol. The Kier molecular flexibility index (Phi) is 4.29. The van der Waals surface area contributed by atoms with E-state index in [-0.39, 0.29) is 22.7 Å². The molecule has 0 aliphatic carbocycles. The Morgan fingerprint density at radius 2 is 1.83 bits per heavy atom. The SMILES string of the molecule is O=C1CSC(c2ccc(Cl)cc2)N1c1cccc(C(F)(F)F)c1. The van der Waals surface area contributed by atoms with E-state index in [0.29, 0.717) is 5.02 Å². The predicted octanol–water partition coefficient (Wildman–Crippen LogP) is 5.14. The van der Waals surface area contributed by atoms with Gasteiger partial charge in [-0.2, -0.15) is 13.2 Å². The number of carbonyl (C=O) groups is 1. The second-order valence-electron chi connectivity index (χ2n) is 5.03. The molecule has 2 aromatic rings. The molecule has 1 aliphatic heterocycles. The molecule has 0 radical (unpaired) electrons. The lowest BCUT2D eigenvalue weighted by Crippen LogP contribution is -2.28. The summed E-state index contributed by atoms with van der Waals surface area (Å²) in [5, 5.41) is 0.206. The maximum Gasteiger partial charge on any atom is 0.416 e. The molecule has 1 amide bonds. The standard InChI is InChI=1S/C16H11ClF3NOS/c17-12-6-4-10(5-7-12)15-21(14(22)9-23-15)13-3-1-2-11(8-13)16(18,19)20/h1-8,15H,9H2. The van der Waals surface area contributed by atoms with Gasteiger partial charge >= 0.3 is 6.18 Å². The minimum absolute atomic E-state index is 0.214. The number of nitrogens with zero attached hydrogens (tertiary/aromatic N) is 1. The Balaban J connectivity index is 1.99. The van der Waals surface area contributed by atoms with E-state index in [2.05, 4.69) is 0 Å². The van der Waals surface area contributed by atoms with Crippen LogP contribution in [0.15, 0.2) is 48.5 Å². The van der Waals surface area contributed by atoms with E-state index in [0.717, 1.165) is 17.7 Å². The summed E-state index contributed by atoms with van der Waals surface area (Å²) < 4.78 is 38.7. The van der Waals surface area contributed by atoms with Gasteiger partial charge in [0.1, 0.15) is 5.37 Å². The summed E-state index contributed by atoms with van der Waals surface area (Å²) in [6.07, 6.45) is -4.44. The van der Waals surface area contributed by atoms with Gasteiger partial charge in [0.25, 0.3) is 0 Å². The molecule has 0 aromatic heterocycles. The molecule has 0 spiro atoms. The lowest BCUT2D eigenvalue weighted by molar-refractivity contribution is -0.137. The van der Waals surface area contributed by atoms with Crippen molar-refractivity contribution in [2.24, 2.45) is 0 Å². The molecule has 1 fully saturated rings. The van der Waals surface area contributed by atoms with E-state index < -0.39 is 11.7 Å². The number of carbonyl (C=O) groups excluding carboxylic acids is 1. The molecule has 1 atom stereocenters. The van der Waals surface area contributed by atoms with Crippen LogP contribution in [0.4, 0.5) is 18.9 Å². The third-order valence-electron chi connectivity index (χ3n) is 3.47. The van der Waals surface area contributed by atoms with Gasteiger partial charge in [-0.25, -0.2) is 0 Å². The van der Waals surface area contributed by atoms with Gasteiger partial charge < -0.3 is 0 Å². The number of hydrogen-bond acceptors (Lipinski definition) is 2. The molecule has 23 heavy (non-hydrogen) atoms. The highest BCUT2D eigenvalue weighted by Crippen LogP contribution is 2.43. The zero-order valence-corrected chi connectivity index (χ0v) is 13.3. The molecule has 1 aliphatic rings. The molecule has 2 nitrogen and oxygen atoms in total. The van der Waals surface area contributed by atoms with E-state index in [1.165, 1.54) is 28.8 Å². The lowest BCUT2D eigenvalue weighted by Gasteiger charge is -2.25. The number of anilines is 1. The van der Waals surface area contributed by atoms with Crippen molar-refractivity contribution in [1.29, 1.82) is 0 Å². The predicted molar refractivity (Wildman–Crippen MR) is 85.6 cm³/mol. The average Bonchev–Trinajstić information content (AvgIpc) is 2.89. The summed E-state index contributed by atoms with van der Waals surface area (Å²) in [7, 11) is 0. The van der Waals surface area contributed by atoms with Crippen LogP contribution >= 0.6 is 23.4 Å². The minimum atomic E-state index is -4.44. The summed E-state index contributed by atoms with van der Waals surface area (Å²) in [5.41, 5.74) is 0.298. The fourth-order valence-corrected chi connectivity index (χ4v) is 3.71. The second kappa shape index (κ2) is 6.09. The van der Waals surface area contributed by atoms with E-state index in [1.807, 2.05) is 0 Å². The Hall–Kier alpha value is -1.66. The highest BCUT2D eigenvalue weighted by atomic mass is 35.5. The summed E-state index contributed by atoms with van der Waals surface area (Å²) >= 11 is 7.24. The number of benzene rings is 2. The molecule has 1 heterocycles. The van der Waals surface area contributed by atoms with E-state index >= 15 is 0 Å². The molecule has 7 heteroatoms. The first kappa shape index (κ1) is 16.2. The van der Waals surface area contributed by atoms with Gasteiger partial charge in [-0.1, -0.05) is 29.8 Å². The Morgan fingerprint density at radius 1 is 1.13 bits per heavy atom. The molecule has 120 valence electrons. The molecule has 0 saturated carbocycles. The topological polar surface area (TPSA) is 20.3 Å². The van der Waals surface area contributed by atoms with Crippen LogP contribution in [-0.4, -0.2) is 11.7 Å². The quantitative estimate of drug-likeness (QED) is 0.742. The molecule has 1 unspecified atom stereocenters. The van der Waals surface area contributed by atoms with Crippen LogP contribution in [0.1, 0.15) is 16.5 Å². The van der Waals surface area contributed by atoms with Gasteiger partial charge in [0.2, 0.25) is 5.91 Å². The van der Waals surface area contributed by atoms with Crippen LogP contribution in [0, 0.1) is 0 Å². The second-order valence-corrected chi connectivity index (χ2v) is 6.53. The van der Waals surface area contributed by atoms with Crippen LogP contribution in [0.25, 0.3) is 0 Å². The summed E-state index contributed by atoms with van der Waals surface area (Å²) in [6, 6.07) is 11.8.